The van der Waals surface area contributed by atoms with E-state index in [1.165, 1.54) is 19.3 Å². The standard InChI is InChI=1S/C16H24BrNO/c1-12-3-8-16(11-13(12)2)19-10-9-18-15-6-4-14(17)5-7-15/h4-7,12-13,16,18H,3,8-11H2,1-2H3. The van der Waals surface area contributed by atoms with Crippen LogP contribution in [0.3, 0.4) is 0 Å². The van der Waals surface area contributed by atoms with Crippen LogP contribution in [0.5, 0.6) is 0 Å². The van der Waals surface area contributed by atoms with Crippen LogP contribution < -0.4 is 5.32 Å². The number of hydrogen-bond acceptors (Lipinski definition) is 2. The third kappa shape index (κ3) is 4.81. The van der Waals surface area contributed by atoms with Crippen molar-refractivity contribution in [3.8, 4) is 0 Å². The van der Waals surface area contributed by atoms with E-state index in [9.17, 15) is 0 Å². The summed E-state index contributed by atoms with van der Waals surface area (Å²) in [5.41, 5.74) is 1.15. The Morgan fingerprint density at radius 2 is 1.89 bits per heavy atom. The van der Waals surface area contributed by atoms with Crippen molar-refractivity contribution in [2.75, 3.05) is 18.5 Å². The molecule has 3 heteroatoms. The highest BCUT2D eigenvalue weighted by Crippen LogP contribution is 2.30. The van der Waals surface area contributed by atoms with Crippen LogP contribution in [0, 0.1) is 11.8 Å². The normalized spacial score (nSPS) is 27.2. The van der Waals surface area contributed by atoms with Crippen molar-refractivity contribution in [3.63, 3.8) is 0 Å². The summed E-state index contributed by atoms with van der Waals surface area (Å²) in [6.07, 6.45) is 4.23. The van der Waals surface area contributed by atoms with E-state index in [2.05, 4.69) is 47.2 Å². The first-order valence-corrected chi connectivity index (χ1v) is 8.05. The van der Waals surface area contributed by atoms with Gasteiger partial charge in [-0.05, 0) is 55.4 Å². The average Bonchev–Trinajstić information content (AvgIpc) is 2.41. The summed E-state index contributed by atoms with van der Waals surface area (Å²) in [4.78, 5) is 0. The Balaban J connectivity index is 1.63. The molecular weight excluding hydrogens is 302 g/mol. The lowest BCUT2D eigenvalue weighted by atomic mass is 9.80. The highest BCUT2D eigenvalue weighted by atomic mass is 79.9. The van der Waals surface area contributed by atoms with Crippen LogP contribution in [-0.4, -0.2) is 19.3 Å². The van der Waals surface area contributed by atoms with Crippen LogP contribution in [0.2, 0.25) is 0 Å². The monoisotopic (exact) mass is 325 g/mol. The second-order valence-corrected chi connectivity index (χ2v) is 6.61. The number of ether oxygens (including phenoxy) is 1. The maximum Gasteiger partial charge on any atom is 0.0642 e. The molecular formula is C16H24BrNO. The Kier molecular flexibility index (Phi) is 5.71. The van der Waals surface area contributed by atoms with Crippen LogP contribution in [0.4, 0.5) is 5.69 Å². The first kappa shape index (κ1) is 14.9. The molecule has 19 heavy (non-hydrogen) atoms. The Morgan fingerprint density at radius 1 is 1.16 bits per heavy atom. The van der Waals surface area contributed by atoms with E-state index in [0.717, 1.165) is 35.1 Å². The van der Waals surface area contributed by atoms with Gasteiger partial charge in [0, 0.05) is 16.7 Å². The lowest BCUT2D eigenvalue weighted by Gasteiger charge is -2.32. The summed E-state index contributed by atoms with van der Waals surface area (Å²) in [6.45, 7) is 6.38. The van der Waals surface area contributed by atoms with Crippen LogP contribution >= 0.6 is 15.9 Å². The molecule has 2 nitrogen and oxygen atoms in total. The molecule has 1 aromatic rings. The summed E-state index contributed by atoms with van der Waals surface area (Å²) in [6, 6.07) is 8.25. The minimum Gasteiger partial charge on any atom is -0.383 e. The van der Waals surface area contributed by atoms with E-state index in [-0.39, 0.29) is 0 Å². The molecule has 0 bridgehead atoms. The Labute approximate surface area is 125 Å². The molecule has 0 amide bonds. The van der Waals surface area contributed by atoms with Gasteiger partial charge in [-0.2, -0.15) is 0 Å². The zero-order valence-corrected chi connectivity index (χ0v) is 13.4. The molecule has 1 N–H and O–H groups in total. The van der Waals surface area contributed by atoms with Gasteiger partial charge in [-0.15, -0.1) is 0 Å². The van der Waals surface area contributed by atoms with Crippen molar-refractivity contribution < 1.29 is 4.74 Å². The first-order chi connectivity index (χ1) is 9.15. The fourth-order valence-corrected chi connectivity index (χ4v) is 2.90. The number of rotatable bonds is 5. The van der Waals surface area contributed by atoms with Crippen molar-refractivity contribution >= 4 is 21.6 Å². The Morgan fingerprint density at radius 3 is 2.58 bits per heavy atom. The van der Waals surface area contributed by atoms with Crippen molar-refractivity contribution in [1.82, 2.24) is 0 Å². The molecule has 1 fully saturated rings. The van der Waals surface area contributed by atoms with Gasteiger partial charge < -0.3 is 10.1 Å². The van der Waals surface area contributed by atoms with E-state index in [1.54, 1.807) is 0 Å². The van der Waals surface area contributed by atoms with Gasteiger partial charge in [0.05, 0.1) is 12.7 Å². The van der Waals surface area contributed by atoms with E-state index < -0.39 is 0 Å². The molecule has 0 aliphatic heterocycles. The second kappa shape index (κ2) is 7.30. The largest absolute Gasteiger partial charge is 0.383 e. The summed E-state index contributed by atoms with van der Waals surface area (Å²) in [5, 5.41) is 3.39. The molecule has 0 heterocycles. The van der Waals surface area contributed by atoms with E-state index in [0.29, 0.717) is 6.10 Å². The van der Waals surface area contributed by atoms with Gasteiger partial charge in [0.15, 0.2) is 0 Å². The predicted octanol–water partition coefficient (Wildman–Crippen LogP) is 4.70. The van der Waals surface area contributed by atoms with Gasteiger partial charge in [-0.1, -0.05) is 29.8 Å². The van der Waals surface area contributed by atoms with Crippen molar-refractivity contribution in [3.05, 3.63) is 28.7 Å². The molecule has 1 aliphatic rings. The highest BCUT2D eigenvalue weighted by Gasteiger charge is 2.24. The summed E-state index contributed by atoms with van der Waals surface area (Å²) >= 11 is 3.44. The highest BCUT2D eigenvalue weighted by molar-refractivity contribution is 9.10. The van der Waals surface area contributed by atoms with Gasteiger partial charge in [0.2, 0.25) is 0 Å². The number of halogens is 1. The fraction of sp³-hybridized carbons (Fsp3) is 0.625. The molecule has 3 atom stereocenters. The van der Waals surface area contributed by atoms with Gasteiger partial charge >= 0.3 is 0 Å². The lowest BCUT2D eigenvalue weighted by Crippen LogP contribution is -2.28. The minimum atomic E-state index is 0.470. The lowest BCUT2D eigenvalue weighted by molar-refractivity contribution is 0.00778. The van der Waals surface area contributed by atoms with Crippen molar-refractivity contribution in [2.24, 2.45) is 11.8 Å². The number of nitrogens with one attached hydrogen (secondary N) is 1. The minimum absolute atomic E-state index is 0.470. The summed E-state index contributed by atoms with van der Waals surface area (Å²) in [7, 11) is 0. The molecule has 0 aromatic heterocycles. The van der Waals surface area contributed by atoms with Gasteiger partial charge in [-0.3, -0.25) is 0 Å². The molecule has 1 aromatic carbocycles. The zero-order chi connectivity index (χ0) is 13.7. The van der Waals surface area contributed by atoms with Gasteiger partial charge in [0.1, 0.15) is 0 Å². The summed E-state index contributed by atoms with van der Waals surface area (Å²) < 4.78 is 7.09. The van der Waals surface area contributed by atoms with Crippen LogP contribution in [-0.2, 0) is 4.74 Å². The third-order valence-electron chi connectivity index (χ3n) is 4.18. The first-order valence-electron chi connectivity index (χ1n) is 7.26. The average molecular weight is 326 g/mol. The van der Waals surface area contributed by atoms with Crippen LogP contribution in [0.25, 0.3) is 0 Å². The van der Waals surface area contributed by atoms with E-state index in [4.69, 9.17) is 4.74 Å². The topological polar surface area (TPSA) is 21.3 Å². The van der Waals surface area contributed by atoms with Crippen LogP contribution in [0.1, 0.15) is 33.1 Å². The second-order valence-electron chi connectivity index (χ2n) is 5.69. The quantitative estimate of drug-likeness (QED) is 0.792. The molecule has 3 unspecified atom stereocenters. The SMILES string of the molecule is CC1CCC(OCCNc2ccc(Br)cc2)CC1C. The molecule has 1 aliphatic carbocycles. The number of anilines is 1. The smallest absolute Gasteiger partial charge is 0.0642 e. The molecule has 0 radical (unpaired) electrons. The van der Waals surface area contributed by atoms with Gasteiger partial charge in [-0.25, -0.2) is 0 Å². The van der Waals surface area contributed by atoms with E-state index in [1.807, 2.05) is 12.1 Å². The van der Waals surface area contributed by atoms with Gasteiger partial charge in [0.25, 0.3) is 0 Å². The maximum absolute atomic E-state index is 5.98. The zero-order valence-electron chi connectivity index (χ0n) is 11.9. The summed E-state index contributed by atoms with van der Waals surface area (Å²) in [5.74, 6) is 1.67. The number of hydrogen-bond donors (Lipinski definition) is 1. The molecule has 106 valence electrons. The maximum atomic E-state index is 5.98. The molecule has 2 rings (SSSR count). The number of benzene rings is 1. The molecule has 0 saturated heterocycles. The Hall–Kier alpha value is -0.540. The van der Waals surface area contributed by atoms with Crippen molar-refractivity contribution in [1.29, 1.82) is 0 Å². The van der Waals surface area contributed by atoms with Crippen molar-refractivity contribution in [2.45, 2.75) is 39.2 Å². The molecule has 0 spiro atoms. The van der Waals surface area contributed by atoms with Crippen LogP contribution in [0.15, 0.2) is 28.7 Å². The third-order valence-corrected chi connectivity index (χ3v) is 4.71. The van der Waals surface area contributed by atoms with E-state index >= 15 is 0 Å². The fourth-order valence-electron chi connectivity index (χ4n) is 2.64. The Bertz CT molecular complexity index is 379. The predicted molar refractivity (Wildman–Crippen MR) is 84.6 cm³/mol. The molecule has 1 saturated carbocycles.